The Morgan fingerprint density at radius 2 is 1.83 bits per heavy atom. The molecule has 0 radical (unpaired) electrons. The molecule has 2 atom stereocenters. The zero-order chi connectivity index (χ0) is 20.2. The van der Waals surface area contributed by atoms with Gasteiger partial charge in [0.15, 0.2) is 0 Å². The highest BCUT2D eigenvalue weighted by molar-refractivity contribution is 6.06. The highest BCUT2D eigenvalue weighted by Crippen LogP contribution is 2.41. The first-order valence-corrected chi connectivity index (χ1v) is 11.2. The van der Waals surface area contributed by atoms with Crippen molar-refractivity contribution in [3.8, 4) is 0 Å². The van der Waals surface area contributed by atoms with Gasteiger partial charge in [-0.05, 0) is 68.5 Å². The summed E-state index contributed by atoms with van der Waals surface area (Å²) < 4.78 is 5.64. The lowest BCUT2D eigenvalue weighted by molar-refractivity contribution is 0.0760. The first-order chi connectivity index (χ1) is 13.9. The van der Waals surface area contributed by atoms with Crippen LogP contribution in [0.3, 0.4) is 0 Å². The van der Waals surface area contributed by atoms with E-state index in [2.05, 4.69) is 36.1 Å². The number of hydrogen-bond donors (Lipinski definition) is 1. The van der Waals surface area contributed by atoms with Crippen LogP contribution in [0.5, 0.6) is 0 Å². The fraction of sp³-hybridized carbons (Fsp3) is 0.696. The van der Waals surface area contributed by atoms with Crippen LogP contribution in [0, 0.1) is 17.3 Å². The first-order valence-electron chi connectivity index (χ1n) is 11.2. The van der Waals surface area contributed by atoms with E-state index in [-0.39, 0.29) is 23.7 Å². The quantitative estimate of drug-likeness (QED) is 0.787. The number of nitrogens with zero attached hydrogens (tertiary/aromatic N) is 3. The van der Waals surface area contributed by atoms with Crippen molar-refractivity contribution in [3.05, 3.63) is 23.0 Å². The standard InChI is InChI=1S/C23H32N4O2.ClH/c1-23(2,3)11-19-20-17(10-18(14-4-5-14)25-21(20)29-26-19)22(28)27-8-6-15-12-24-13-16(15)7-9-27;/h10,14-16,24H,4-9,11-13H2,1-3H3;1H/t15-,16+;. The summed E-state index contributed by atoms with van der Waals surface area (Å²) in [5, 5.41) is 8.68. The van der Waals surface area contributed by atoms with Crippen molar-refractivity contribution in [2.75, 3.05) is 26.2 Å². The molecule has 1 saturated carbocycles. The topological polar surface area (TPSA) is 71.3 Å². The van der Waals surface area contributed by atoms with Crippen molar-refractivity contribution in [1.82, 2.24) is 20.4 Å². The Morgan fingerprint density at radius 1 is 1.17 bits per heavy atom. The molecule has 4 heterocycles. The van der Waals surface area contributed by atoms with Crippen molar-refractivity contribution in [2.45, 2.75) is 58.8 Å². The molecule has 2 saturated heterocycles. The molecule has 0 bridgehead atoms. The predicted octanol–water partition coefficient (Wildman–Crippen LogP) is 4.18. The summed E-state index contributed by atoms with van der Waals surface area (Å²) in [6.07, 6.45) is 5.24. The van der Waals surface area contributed by atoms with Gasteiger partial charge in [0, 0.05) is 24.7 Å². The van der Waals surface area contributed by atoms with E-state index >= 15 is 0 Å². The van der Waals surface area contributed by atoms with Crippen LogP contribution in [-0.4, -0.2) is 47.1 Å². The van der Waals surface area contributed by atoms with E-state index in [1.165, 1.54) is 0 Å². The fourth-order valence-electron chi connectivity index (χ4n) is 5.00. The number of carbonyl (C=O) groups is 1. The number of amides is 1. The van der Waals surface area contributed by atoms with Crippen LogP contribution in [0.25, 0.3) is 11.1 Å². The minimum atomic E-state index is 0. The molecule has 7 heteroatoms. The van der Waals surface area contributed by atoms with Gasteiger partial charge in [-0.3, -0.25) is 4.79 Å². The van der Waals surface area contributed by atoms with E-state index in [0.717, 1.165) is 80.6 Å². The van der Waals surface area contributed by atoms with Crippen LogP contribution in [0.2, 0.25) is 0 Å². The molecule has 1 amide bonds. The monoisotopic (exact) mass is 432 g/mol. The fourth-order valence-corrected chi connectivity index (χ4v) is 5.00. The molecule has 30 heavy (non-hydrogen) atoms. The molecule has 2 aliphatic heterocycles. The van der Waals surface area contributed by atoms with Gasteiger partial charge in [0.25, 0.3) is 11.6 Å². The Bertz CT molecular complexity index is 917. The average Bonchev–Trinajstić information content (AvgIpc) is 3.37. The third-order valence-electron chi connectivity index (χ3n) is 6.77. The van der Waals surface area contributed by atoms with Crippen LogP contribution in [0.1, 0.15) is 74.1 Å². The number of nitrogens with one attached hydrogen (secondary N) is 1. The third kappa shape index (κ3) is 4.22. The summed E-state index contributed by atoms with van der Waals surface area (Å²) >= 11 is 0. The molecule has 0 unspecified atom stereocenters. The maximum Gasteiger partial charge on any atom is 0.259 e. The third-order valence-corrected chi connectivity index (χ3v) is 6.77. The van der Waals surface area contributed by atoms with E-state index in [0.29, 0.717) is 23.5 Å². The van der Waals surface area contributed by atoms with Crippen LogP contribution in [0.15, 0.2) is 10.6 Å². The lowest BCUT2D eigenvalue weighted by Crippen LogP contribution is -2.33. The molecule has 3 fully saturated rings. The molecule has 3 aliphatic rings. The largest absolute Gasteiger partial charge is 0.339 e. The normalized spacial score (nSPS) is 24.4. The summed E-state index contributed by atoms with van der Waals surface area (Å²) in [4.78, 5) is 20.5. The summed E-state index contributed by atoms with van der Waals surface area (Å²) in [5.74, 6) is 2.01. The van der Waals surface area contributed by atoms with E-state index in [1.807, 2.05) is 6.07 Å². The van der Waals surface area contributed by atoms with Gasteiger partial charge < -0.3 is 14.7 Å². The molecule has 164 valence electrons. The van der Waals surface area contributed by atoms with Crippen LogP contribution in [0.4, 0.5) is 0 Å². The second kappa shape index (κ2) is 8.12. The van der Waals surface area contributed by atoms with Gasteiger partial charge in [0.1, 0.15) is 0 Å². The first kappa shape index (κ1) is 21.6. The van der Waals surface area contributed by atoms with Crippen molar-refractivity contribution in [1.29, 1.82) is 0 Å². The van der Waals surface area contributed by atoms with Crippen molar-refractivity contribution >= 4 is 29.4 Å². The maximum absolute atomic E-state index is 13.7. The number of fused-ring (bicyclic) bond motifs is 2. The second-order valence-electron chi connectivity index (χ2n) is 10.5. The molecule has 5 rings (SSSR count). The number of hydrogen-bond acceptors (Lipinski definition) is 5. The van der Waals surface area contributed by atoms with Crippen molar-refractivity contribution in [3.63, 3.8) is 0 Å². The molecule has 0 aromatic carbocycles. The van der Waals surface area contributed by atoms with Gasteiger partial charge >= 0.3 is 0 Å². The zero-order valence-electron chi connectivity index (χ0n) is 18.2. The van der Waals surface area contributed by atoms with E-state index in [9.17, 15) is 4.79 Å². The van der Waals surface area contributed by atoms with Gasteiger partial charge in [-0.25, -0.2) is 4.98 Å². The molecule has 0 spiro atoms. The molecule has 2 aromatic rings. The highest BCUT2D eigenvalue weighted by Gasteiger charge is 2.34. The number of likely N-dealkylation sites (tertiary alicyclic amines) is 1. The van der Waals surface area contributed by atoms with Crippen molar-refractivity contribution < 1.29 is 9.32 Å². The van der Waals surface area contributed by atoms with Crippen LogP contribution >= 0.6 is 12.4 Å². The number of pyridine rings is 1. The predicted molar refractivity (Wildman–Crippen MR) is 119 cm³/mol. The minimum Gasteiger partial charge on any atom is -0.339 e. The van der Waals surface area contributed by atoms with Crippen molar-refractivity contribution in [2.24, 2.45) is 17.3 Å². The average molecular weight is 433 g/mol. The van der Waals surface area contributed by atoms with E-state index < -0.39 is 0 Å². The lowest BCUT2D eigenvalue weighted by atomic mass is 9.89. The SMILES string of the molecule is CC(C)(C)Cc1noc2nc(C3CC3)cc(C(=O)N3CC[C@@H]4CNC[C@@H]4CC3)c12.Cl. The second-order valence-corrected chi connectivity index (χ2v) is 10.5. The Morgan fingerprint density at radius 3 is 2.43 bits per heavy atom. The number of aromatic nitrogens is 2. The molecule has 6 nitrogen and oxygen atoms in total. The maximum atomic E-state index is 13.7. The summed E-state index contributed by atoms with van der Waals surface area (Å²) in [6, 6.07) is 2.04. The van der Waals surface area contributed by atoms with Gasteiger partial charge in [-0.15, -0.1) is 12.4 Å². The molecular weight excluding hydrogens is 400 g/mol. The summed E-state index contributed by atoms with van der Waals surface area (Å²) in [6.45, 7) is 10.4. The Balaban J connectivity index is 0.00000218. The highest BCUT2D eigenvalue weighted by atomic mass is 35.5. The summed E-state index contributed by atoms with van der Waals surface area (Å²) in [5.41, 5.74) is 3.21. The van der Waals surface area contributed by atoms with Gasteiger partial charge in [-0.1, -0.05) is 25.9 Å². The van der Waals surface area contributed by atoms with Gasteiger partial charge in [0.2, 0.25) is 0 Å². The zero-order valence-corrected chi connectivity index (χ0v) is 19.1. The number of halogens is 1. The smallest absolute Gasteiger partial charge is 0.259 e. The van der Waals surface area contributed by atoms with E-state index in [4.69, 9.17) is 9.51 Å². The Hall–Kier alpha value is -1.66. The molecule has 1 N–H and O–H groups in total. The molecule has 1 aliphatic carbocycles. The van der Waals surface area contributed by atoms with Crippen LogP contribution < -0.4 is 5.32 Å². The van der Waals surface area contributed by atoms with Crippen LogP contribution in [-0.2, 0) is 6.42 Å². The minimum absolute atomic E-state index is 0. The number of rotatable bonds is 3. The van der Waals surface area contributed by atoms with Gasteiger partial charge in [-0.2, -0.15) is 0 Å². The number of carbonyl (C=O) groups excluding carboxylic acids is 1. The van der Waals surface area contributed by atoms with E-state index in [1.54, 1.807) is 0 Å². The Kier molecular flexibility index (Phi) is 5.84. The Labute approximate surface area is 184 Å². The molecular formula is C23H33ClN4O2. The lowest BCUT2D eigenvalue weighted by Gasteiger charge is -2.22. The molecule has 2 aromatic heterocycles. The summed E-state index contributed by atoms with van der Waals surface area (Å²) in [7, 11) is 0. The van der Waals surface area contributed by atoms with Gasteiger partial charge in [0.05, 0.1) is 16.6 Å².